The van der Waals surface area contributed by atoms with Crippen molar-refractivity contribution in [2.45, 2.75) is 13.5 Å². The maximum atomic E-state index is 11.4. The molecule has 2 nitrogen and oxygen atoms in total. The number of carbonyl (C=O) groups is 1. The van der Waals surface area contributed by atoms with Gasteiger partial charge >= 0.3 is 0 Å². The van der Waals surface area contributed by atoms with Crippen molar-refractivity contribution in [3.8, 4) is 0 Å². The van der Waals surface area contributed by atoms with E-state index < -0.39 is 0 Å². The molecule has 3 aromatic rings. The lowest BCUT2D eigenvalue weighted by molar-refractivity contribution is 0.101. The van der Waals surface area contributed by atoms with Gasteiger partial charge in [-0.15, -0.1) is 0 Å². The van der Waals surface area contributed by atoms with Crippen molar-refractivity contribution < 1.29 is 4.79 Å². The second-order valence-corrected chi connectivity index (χ2v) is 5.82. The third-order valence-electron chi connectivity index (χ3n) is 3.44. The number of rotatable bonds is 3. The summed E-state index contributed by atoms with van der Waals surface area (Å²) in [5.74, 6) is 0.104. The molecule has 0 N–H and O–H groups in total. The Bertz CT molecular complexity index is 771. The molecule has 0 saturated carbocycles. The lowest BCUT2D eigenvalue weighted by Crippen LogP contribution is -1.98. The Morgan fingerprint density at radius 2 is 1.85 bits per heavy atom. The number of hydrogen-bond acceptors (Lipinski definition) is 1. The monoisotopic (exact) mass is 327 g/mol. The largest absolute Gasteiger partial charge is 0.343 e. The first-order valence-electron chi connectivity index (χ1n) is 6.48. The quantitative estimate of drug-likeness (QED) is 0.641. The Morgan fingerprint density at radius 1 is 1.10 bits per heavy atom. The Kier molecular flexibility index (Phi) is 3.45. The predicted molar refractivity (Wildman–Crippen MR) is 85.2 cm³/mol. The third kappa shape index (κ3) is 2.54. The summed E-state index contributed by atoms with van der Waals surface area (Å²) in [5, 5.41) is 1.11. The highest BCUT2D eigenvalue weighted by Crippen LogP contribution is 2.20. The zero-order chi connectivity index (χ0) is 14.1. The normalized spacial score (nSPS) is 10.9. The molecule has 0 saturated heterocycles. The Labute approximate surface area is 126 Å². The summed E-state index contributed by atoms with van der Waals surface area (Å²) >= 11 is 3.45. The molecule has 0 aliphatic heterocycles. The second kappa shape index (κ2) is 5.25. The van der Waals surface area contributed by atoms with Gasteiger partial charge < -0.3 is 4.57 Å². The van der Waals surface area contributed by atoms with E-state index in [1.807, 2.05) is 18.2 Å². The van der Waals surface area contributed by atoms with Gasteiger partial charge in [-0.1, -0.05) is 28.1 Å². The summed E-state index contributed by atoms with van der Waals surface area (Å²) in [6.07, 6.45) is 2.07. The van der Waals surface area contributed by atoms with E-state index in [0.29, 0.717) is 0 Å². The van der Waals surface area contributed by atoms with Crippen molar-refractivity contribution in [3.63, 3.8) is 0 Å². The fourth-order valence-electron chi connectivity index (χ4n) is 2.34. The van der Waals surface area contributed by atoms with Gasteiger partial charge in [-0.05, 0) is 48.9 Å². The minimum absolute atomic E-state index is 0.104. The molecular weight excluding hydrogens is 314 g/mol. The maximum absolute atomic E-state index is 11.4. The SMILES string of the molecule is CC(=O)c1ccc2c(ccn2Cc2ccc(Br)cc2)c1. The van der Waals surface area contributed by atoms with E-state index in [2.05, 4.69) is 57.0 Å². The van der Waals surface area contributed by atoms with Crippen LogP contribution in [0.1, 0.15) is 22.8 Å². The van der Waals surface area contributed by atoms with Crippen molar-refractivity contribution in [2.75, 3.05) is 0 Å². The lowest BCUT2D eigenvalue weighted by Gasteiger charge is -2.06. The third-order valence-corrected chi connectivity index (χ3v) is 3.97. The first kappa shape index (κ1) is 13.1. The van der Waals surface area contributed by atoms with Gasteiger partial charge in [0.15, 0.2) is 5.78 Å². The number of fused-ring (bicyclic) bond motifs is 1. The van der Waals surface area contributed by atoms with Crippen LogP contribution < -0.4 is 0 Å². The Balaban J connectivity index is 1.96. The minimum atomic E-state index is 0.104. The van der Waals surface area contributed by atoms with Crippen molar-refractivity contribution >= 4 is 32.6 Å². The van der Waals surface area contributed by atoms with Crippen LogP contribution >= 0.6 is 15.9 Å². The van der Waals surface area contributed by atoms with E-state index in [4.69, 9.17) is 0 Å². The number of benzene rings is 2. The summed E-state index contributed by atoms with van der Waals surface area (Å²) in [4.78, 5) is 11.4. The van der Waals surface area contributed by atoms with Crippen LogP contribution in [0.5, 0.6) is 0 Å². The molecule has 1 aromatic heterocycles. The molecule has 0 aliphatic rings. The molecule has 20 heavy (non-hydrogen) atoms. The van der Waals surface area contributed by atoms with Gasteiger partial charge in [-0.3, -0.25) is 4.79 Å². The Hall–Kier alpha value is -1.87. The van der Waals surface area contributed by atoms with Gasteiger partial charge in [0.25, 0.3) is 0 Å². The van der Waals surface area contributed by atoms with E-state index >= 15 is 0 Å². The van der Waals surface area contributed by atoms with Crippen LogP contribution in [0.15, 0.2) is 59.2 Å². The van der Waals surface area contributed by atoms with Gasteiger partial charge in [0.2, 0.25) is 0 Å². The van der Waals surface area contributed by atoms with E-state index in [-0.39, 0.29) is 5.78 Å². The molecule has 2 aromatic carbocycles. The Morgan fingerprint density at radius 3 is 2.55 bits per heavy atom. The van der Waals surface area contributed by atoms with Crippen LogP contribution in [-0.2, 0) is 6.54 Å². The topological polar surface area (TPSA) is 22.0 Å². The molecule has 100 valence electrons. The summed E-state index contributed by atoms with van der Waals surface area (Å²) < 4.78 is 3.28. The van der Waals surface area contributed by atoms with Crippen molar-refractivity contribution in [2.24, 2.45) is 0 Å². The summed E-state index contributed by atoms with van der Waals surface area (Å²) in [5.41, 5.74) is 3.16. The van der Waals surface area contributed by atoms with Crippen molar-refractivity contribution in [3.05, 3.63) is 70.3 Å². The number of carbonyl (C=O) groups excluding carboxylic acids is 1. The van der Waals surface area contributed by atoms with E-state index in [1.165, 1.54) is 5.56 Å². The lowest BCUT2D eigenvalue weighted by atomic mass is 10.1. The van der Waals surface area contributed by atoms with Crippen LogP contribution in [0.2, 0.25) is 0 Å². The zero-order valence-corrected chi connectivity index (χ0v) is 12.7. The van der Waals surface area contributed by atoms with Crippen LogP contribution in [0.3, 0.4) is 0 Å². The molecule has 0 fully saturated rings. The summed E-state index contributed by atoms with van der Waals surface area (Å²) in [6, 6.07) is 16.2. The average Bonchev–Trinajstić information content (AvgIpc) is 2.84. The molecule has 3 heteroatoms. The number of Topliss-reactive ketones (excluding diaryl/α,β-unsaturated/α-hetero) is 1. The van der Waals surface area contributed by atoms with Gasteiger partial charge in [0, 0.05) is 33.7 Å². The first-order chi connectivity index (χ1) is 9.63. The molecule has 0 atom stereocenters. The fraction of sp³-hybridized carbons (Fsp3) is 0.118. The van der Waals surface area contributed by atoms with Crippen molar-refractivity contribution in [1.29, 1.82) is 0 Å². The molecule has 0 spiro atoms. The van der Waals surface area contributed by atoms with E-state index in [0.717, 1.165) is 27.5 Å². The van der Waals surface area contributed by atoms with Crippen molar-refractivity contribution in [1.82, 2.24) is 4.57 Å². The predicted octanol–water partition coefficient (Wildman–Crippen LogP) is 4.65. The molecule has 0 bridgehead atoms. The van der Waals surface area contributed by atoms with Gasteiger partial charge in [0.05, 0.1) is 0 Å². The molecule has 0 aliphatic carbocycles. The summed E-state index contributed by atoms with van der Waals surface area (Å²) in [6.45, 7) is 2.43. The number of ketones is 1. The molecule has 1 heterocycles. The number of halogens is 1. The van der Waals surface area contributed by atoms with Gasteiger partial charge in [-0.2, -0.15) is 0 Å². The minimum Gasteiger partial charge on any atom is -0.343 e. The standard InChI is InChI=1S/C17H14BrNO/c1-12(20)14-4-7-17-15(10-14)8-9-19(17)11-13-2-5-16(18)6-3-13/h2-10H,11H2,1H3. The number of hydrogen-bond donors (Lipinski definition) is 0. The highest BCUT2D eigenvalue weighted by atomic mass is 79.9. The highest BCUT2D eigenvalue weighted by molar-refractivity contribution is 9.10. The number of aromatic nitrogens is 1. The van der Waals surface area contributed by atoms with Crippen LogP contribution in [0.4, 0.5) is 0 Å². The van der Waals surface area contributed by atoms with Gasteiger partial charge in [0.1, 0.15) is 0 Å². The average molecular weight is 328 g/mol. The highest BCUT2D eigenvalue weighted by Gasteiger charge is 2.05. The number of nitrogens with zero attached hydrogens (tertiary/aromatic N) is 1. The van der Waals surface area contributed by atoms with E-state index in [9.17, 15) is 4.79 Å². The molecule has 0 amide bonds. The second-order valence-electron chi connectivity index (χ2n) is 4.90. The first-order valence-corrected chi connectivity index (χ1v) is 7.27. The smallest absolute Gasteiger partial charge is 0.159 e. The van der Waals surface area contributed by atoms with Gasteiger partial charge in [-0.25, -0.2) is 0 Å². The van der Waals surface area contributed by atoms with Crippen LogP contribution in [-0.4, -0.2) is 10.4 Å². The van der Waals surface area contributed by atoms with Crippen LogP contribution in [0, 0.1) is 0 Å². The van der Waals surface area contributed by atoms with Crippen LogP contribution in [0.25, 0.3) is 10.9 Å². The summed E-state index contributed by atoms with van der Waals surface area (Å²) in [7, 11) is 0. The molecular formula is C17H14BrNO. The zero-order valence-electron chi connectivity index (χ0n) is 11.1. The molecule has 0 radical (unpaired) electrons. The molecule has 0 unspecified atom stereocenters. The maximum Gasteiger partial charge on any atom is 0.159 e. The molecule has 3 rings (SSSR count). The van der Waals surface area contributed by atoms with E-state index in [1.54, 1.807) is 6.92 Å². The fourth-order valence-corrected chi connectivity index (χ4v) is 2.61.